The molecule has 0 fully saturated rings. The molecule has 0 saturated heterocycles. The average molecular weight is 392 g/mol. The number of fused-ring (bicyclic) bond motifs is 1. The van der Waals surface area contributed by atoms with Crippen molar-refractivity contribution in [1.29, 1.82) is 0 Å². The van der Waals surface area contributed by atoms with Crippen LogP contribution >= 0.6 is 0 Å². The average Bonchev–Trinajstić information content (AvgIpc) is 3.12. The van der Waals surface area contributed by atoms with E-state index < -0.39 is 0 Å². The zero-order chi connectivity index (χ0) is 20.6. The molecule has 2 aromatic carbocycles. The Balaban J connectivity index is 1.61. The number of para-hydroxylation sites is 2. The van der Waals surface area contributed by atoms with E-state index in [0.29, 0.717) is 6.61 Å². The Morgan fingerprint density at radius 1 is 1.21 bits per heavy atom. The number of benzene rings is 2. The van der Waals surface area contributed by atoms with Gasteiger partial charge >= 0.3 is 0 Å². The second-order valence-electron chi connectivity index (χ2n) is 7.10. The summed E-state index contributed by atoms with van der Waals surface area (Å²) in [4.78, 5) is 16.5. The SMILES string of the molecule is C=CC(=O)NC(C)c1nc2ccccc2n1CCCCOc1ccc(CC)cc1. The van der Waals surface area contributed by atoms with Crippen LogP contribution in [-0.2, 0) is 17.8 Å². The number of hydrogen-bond donors (Lipinski definition) is 1. The number of carbonyl (C=O) groups is 1. The molecule has 5 nitrogen and oxygen atoms in total. The second-order valence-corrected chi connectivity index (χ2v) is 7.10. The number of carbonyl (C=O) groups excluding carboxylic acids is 1. The maximum Gasteiger partial charge on any atom is 0.243 e. The smallest absolute Gasteiger partial charge is 0.243 e. The van der Waals surface area contributed by atoms with Gasteiger partial charge in [0.1, 0.15) is 11.6 Å². The summed E-state index contributed by atoms with van der Waals surface area (Å²) in [5, 5.41) is 2.91. The quantitative estimate of drug-likeness (QED) is 0.398. The molecule has 1 heterocycles. The monoisotopic (exact) mass is 391 g/mol. The summed E-state index contributed by atoms with van der Waals surface area (Å²) < 4.78 is 8.06. The minimum Gasteiger partial charge on any atom is -0.494 e. The van der Waals surface area contributed by atoms with Gasteiger partial charge in [0.15, 0.2) is 0 Å². The van der Waals surface area contributed by atoms with Crippen molar-refractivity contribution in [2.24, 2.45) is 0 Å². The highest BCUT2D eigenvalue weighted by Crippen LogP contribution is 2.22. The number of nitrogens with zero attached hydrogens (tertiary/aromatic N) is 2. The summed E-state index contributed by atoms with van der Waals surface area (Å²) in [6.45, 7) is 9.12. The van der Waals surface area contributed by atoms with Gasteiger partial charge in [0.2, 0.25) is 5.91 Å². The molecule has 1 aromatic heterocycles. The highest BCUT2D eigenvalue weighted by molar-refractivity contribution is 5.87. The molecule has 29 heavy (non-hydrogen) atoms. The first-order chi connectivity index (χ1) is 14.1. The number of unbranched alkanes of at least 4 members (excludes halogenated alkanes) is 1. The molecule has 152 valence electrons. The largest absolute Gasteiger partial charge is 0.494 e. The summed E-state index contributed by atoms with van der Waals surface area (Å²) in [6.07, 6.45) is 4.22. The van der Waals surface area contributed by atoms with Crippen molar-refractivity contribution in [3.63, 3.8) is 0 Å². The minimum atomic E-state index is -0.196. The lowest BCUT2D eigenvalue weighted by Crippen LogP contribution is -2.27. The maximum absolute atomic E-state index is 11.7. The molecule has 1 unspecified atom stereocenters. The standard InChI is InChI=1S/C24H29N3O2/c1-4-19-12-14-20(15-13-19)29-17-9-8-16-27-22-11-7-6-10-21(22)26-24(27)18(3)25-23(28)5-2/h5-7,10-15,18H,2,4,8-9,16-17H2,1,3H3,(H,25,28). The summed E-state index contributed by atoms with van der Waals surface area (Å²) in [7, 11) is 0. The molecule has 3 rings (SSSR count). The fraction of sp³-hybridized carbons (Fsp3) is 0.333. The normalized spacial score (nSPS) is 11.9. The number of aromatic nitrogens is 2. The Hall–Kier alpha value is -3.08. The van der Waals surface area contributed by atoms with E-state index in [2.05, 4.69) is 41.6 Å². The van der Waals surface area contributed by atoms with Crippen LogP contribution in [0.25, 0.3) is 11.0 Å². The highest BCUT2D eigenvalue weighted by atomic mass is 16.5. The number of amides is 1. The van der Waals surface area contributed by atoms with E-state index in [1.807, 2.05) is 37.3 Å². The van der Waals surface area contributed by atoms with Gasteiger partial charge in [-0.15, -0.1) is 0 Å². The topological polar surface area (TPSA) is 56.2 Å². The van der Waals surface area contributed by atoms with Gasteiger partial charge < -0.3 is 14.6 Å². The molecule has 0 aliphatic carbocycles. The number of hydrogen-bond acceptors (Lipinski definition) is 3. The van der Waals surface area contributed by atoms with Crippen molar-refractivity contribution < 1.29 is 9.53 Å². The van der Waals surface area contributed by atoms with E-state index in [-0.39, 0.29) is 11.9 Å². The van der Waals surface area contributed by atoms with E-state index in [1.54, 1.807) is 0 Å². The van der Waals surface area contributed by atoms with E-state index in [9.17, 15) is 4.79 Å². The first kappa shape index (κ1) is 20.6. The second kappa shape index (κ2) is 9.92. The molecular formula is C24H29N3O2. The molecule has 0 radical (unpaired) electrons. The van der Waals surface area contributed by atoms with Crippen LogP contribution in [0.3, 0.4) is 0 Å². The summed E-state index contributed by atoms with van der Waals surface area (Å²) in [5.41, 5.74) is 3.34. The van der Waals surface area contributed by atoms with Crippen molar-refractivity contribution in [2.75, 3.05) is 6.61 Å². The third-order valence-electron chi connectivity index (χ3n) is 4.99. The zero-order valence-corrected chi connectivity index (χ0v) is 17.2. The van der Waals surface area contributed by atoms with Crippen molar-refractivity contribution in [1.82, 2.24) is 14.9 Å². The Kier molecular flexibility index (Phi) is 7.06. The van der Waals surface area contributed by atoms with Gasteiger partial charge in [0, 0.05) is 6.54 Å². The molecule has 5 heteroatoms. The van der Waals surface area contributed by atoms with Gasteiger partial charge in [0.05, 0.1) is 23.7 Å². The van der Waals surface area contributed by atoms with Gasteiger partial charge in [-0.2, -0.15) is 0 Å². The first-order valence-corrected chi connectivity index (χ1v) is 10.2. The van der Waals surface area contributed by atoms with Crippen molar-refractivity contribution in [2.45, 2.75) is 45.7 Å². The molecular weight excluding hydrogens is 362 g/mol. The van der Waals surface area contributed by atoms with Crippen molar-refractivity contribution in [3.05, 3.63) is 72.6 Å². The Bertz CT molecular complexity index is 960. The fourth-order valence-electron chi connectivity index (χ4n) is 3.38. The molecule has 0 bridgehead atoms. The fourth-order valence-corrected chi connectivity index (χ4v) is 3.38. The number of ether oxygens (including phenoxy) is 1. The lowest BCUT2D eigenvalue weighted by molar-refractivity contribution is -0.117. The van der Waals surface area contributed by atoms with Crippen LogP contribution in [-0.4, -0.2) is 22.1 Å². The van der Waals surface area contributed by atoms with Gasteiger partial charge in [-0.3, -0.25) is 4.79 Å². The van der Waals surface area contributed by atoms with Crippen LogP contribution in [0.1, 0.15) is 44.1 Å². The first-order valence-electron chi connectivity index (χ1n) is 10.2. The van der Waals surface area contributed by atoms with Crippen molar-refractivity contribution >= 4 is 16.9 Å². The molecule has 0 aliphatic rings. The maximum atomic E-state index is 11.7. The molecule has 0 aliphatic heterocycles. The third kappa shape index (κ3) is 5.25. The van der Waals surface area contributed by atoms with E-state index in [0.717, 1.165) is 48.4 Å². The van der Waals surface area contributed by atoms with Gasteiger partial charge in [-0.25, -0.2) is 4.98 Å². The Labute approximate surface area is 172 Å². The van der Waals surface area contributed by atoms with Crippen LogP contribution < -0.4 is 10.1 Å². The van der Waals surface area contributed by atoms with E-state index >= 15 is 0 Å². The molecule has 0 spiro atoms. The van der Waals surface area contributed by atoms with Gasteiger partial charge in [-0.05, 0) is 62.1 Å². The Morgan fingerprint density at radius 2 is 1.97 bits per heavy atom. The summed E-state index contributed by atoms with van der Waals surface area (Å²) >= 11 is 0. The van der Waals surface area contributed by atoms with Gasteiger partial charge in [-0.1, -0.05) is 37.8 Å². The predicted octanol–water partition coefficient (Wildman–Crippen LogP) is 4.82. The molecule has 1 atom stereocenters. The minimum absolute atomic E-state index is 0.193. The Morgan fingerprint density at radius 3 is 2.69 bits per heavy atom. The molecule has 1 amide bonds. The third-order valence-corrected chi connectivity index (χ3v) is 4.99. The van der Waals surface area contributed by atoms with E-state index in [1.165, 1.54) is 11.6 Å². The predicted molar refractivity (Wildman–Crippen MR) is 117 cm³/mol. The highest BCUT2D eigenvalue weighted by Gasteiger charge is 2.17. The molecule has 0 saturated carbocycles. The lowest BCUT2D eigenvalue weighted by Gasteiger charge is -2.15. The summed E-state index contributed by atoms with van der Waals surface area (Å²) in [6, 6.07) is 16.2. The number of rotatable bonds is 10. The van der Waals surface area contributed by atoms with Crippen LogP contribution in [0.2, 0.25) is 0 Å². The molecule has 3 aromatic rings. The molecule has 1 N–H and O–H groups in total. The lowest BCUT2D eigenvalue weighted by atomic mass is 10.2. The van der Waals surface area contributed by atoms with Crippen LogP contribution in [0, 0.1) is 0 Å². The van der Waals surface area contributed by atoms with Crippen molar-refractivity contribution in [3.8, 4) is 5.75 Å². The van der Waals surface area contributed by atoms with E-state index in [4.69, 9.17) is 9.72 Å². The van der Waals surface area contributed by atoms with Crippen LogP contribution in [0.5, 0.6) is 5.75 Å². The van der Waals surface area contributed by atoms with Crippen LogP contribution in [0.15, 0.2) is 61.2 Å². The van der Waals surface area contributed by atoms with Gasteiger partial charge in [0.25, 0.3) is 0 Å². The number of imidazole rings is 1. The summed E-state index contributed by atoms with van der Waals surface area (Å²) in [5.74, 6) is 1.58. The number of aryl methyl sites for hydroxylation is 2. The zero-order valence-electron chi connectivity index (χ0n) is 17.2. The van der Waals surface area contributed by atoms with Crippen LogP contribution in [0.4, 0.5) is 0 Å². The number of nitrogens with one attached hydrogen (secondary N) is 1.